The summed E-state index contributed by atoms with van der Waals surface area (Å²) in [5.41, 5.74) is 7.97. The number of anilines is 1. The Morgan fingerprint density at radius 3 is 2.26 bits per heavy atom. The molecule has 3 N–H and O–H groups in total. The second-order valence-corrected chi connectivity index (χ2v) is 5.66. The van der Waals surface area contributed by atoms with Gasteiger partial charge in [0, 0.05) is 5.69 Å². The first-order valence-electron chi connectivity index (χ1n) is 7.10. The number of hydrogen-bond acceptors (Lipinski definition) is 2. The van der Waals surface area contributed by atoms with Crippen LogP contribution in [0.1, 0.15) is 52.0 Å². The van der Waals surface area contributed by atoms with Crippen molar-refractivity contribution in [3.05, 3.63) is 29.8 Å². The highest BCUT2D eigenvalue weighted by atomic mass is 16.2. The van der Waals surface area contributed by atoms with Gasteiger partial charge >= 0.3 is 0 Å². The molecule has 0 aliphatic carbocycles. The van der Waals surface area contributed by atoms with Crippen LogP contribution in [0.2, 0.25) is 0 Å². The van der Waals surface area contributed by atoms with Crippen LogP contribution < -0.4 is 11.1 Å². The Balaban J connectivity index is 2.60. The van der Waals surface area contributed by atoms with Crippen molar-refractivity contribution in [2.75, 3.05) is 5.32 Å². The number of rotatable bonds is 6. The van der Waals surface area contributed by atoms with Crippen LogP contribution in [0, 0.1) is 5.92 Å². The molecule has 19 heavy (non-hydrogen) atoms. The van der Waals surface area contributed by atoms with E-state index in [1.54, 1.807) is 0 Å². The minimum atomic E-state index is -0.436. The van der Waals surface area contributed by atoms with Crippen LogP contribution in [-0.2, 0) is 4.79 Å². The molecule has 0 saturated heterocycles. The van der Waals surface area contributed by atoms with E-state index in [0.29, 0.717) is 18.3 Å². The molecule has 0 aliphatic rings. The lowest BCUT2D eigenvalue weighted by atomic mass is 9.98. The van der Waals surface area contributed by atoms with Gasteiger partial charge < -0.3 is 11.1 Å². The zero-order chi connectivity index (χ0) is 14.4. The summed E-state index contributed by atoms with van der Waals surface area (Å²) in [5.74, 6) is 0.867. The third-order valence-corrected chi connectivity index (χ3v) is 3.42. The Labute approximate surface area is 116 Å². The van der Waals surface area contributed by atoms with Gasteiger partial charge in [-0.15, -0.1) is 0 Å². The molecule has 0 bridgehead atoms. The second kappa shape index (κ2) is 7.29. The number of nitrogens with two attached hydrogens (primary N) is 1. The van der Waals surface area contributed by atoms with Gasteiger partial charge in [-0.3, -0.25) is 4.79 Å². The maximum Gasteiger partial charge on any atom is 0.241 e. The van der Waals surface area contributed by atoms with E-state index in [1.807, 2.05) is 12.1 Å². The molecule has 0 fully saturated rings. The zero-order valence-electron chi connectivity index (χ0n) is 12.4. The van der Waals surface area contributed by atoms with Gasteiger partial charge in [-0.1, -0.05) is 39.8 Å². The van der Waals surface area contributed by atoms with E-state index in [4.69, 9.17) is 5.73 Å². The summed E-state index contributed by atoms with van der Waals surface area (Å²) in [4.78, 5) is 11.9. The van der Waals surface area contributed by atoms with Crippen LogP contribution in [0.15, 0.2) is 24.3 Å². The summed E-state index contributed by atoms with van der Waals surface area (Å²) in [6, 6.07) is 7.59. The predicted octanol–water partition coefficient (Wildman–Crippen LogP) is 3.51. The summed E-state index contributed by atoms with van der Waals surface area (Å²) in [7, 11) is 0. The lowest BCUT2D eigenvalue weighted by Gasteiger charge is -2.15. The average molecular weight is 262 g/mol. The van der Waals surface area contributed by atoms with E-state index in [9.17, 15) is 4.79 Å². The normalized spacial score (nSPS) is 14.2. The highest BCUT2D eigenvalue weighted by Gasteiger charge is 2.15. The Kier molecular flexibility index (Phi) is 6.03. The minimum Gasteiger partial charge on any atom is -0.325 e. The van der Waals surface area contributed by atoms with Crippen LogP contribution in [-0.4, -0.2) is 11.9 Å². The molecule has 3 heteroatoms. The van der Waals surface area contributed by atoms with E-state index >= 15 is 0 Å². The van der Waals surface area contributed by atoms with Gasteiger partial charge in [-0.2, -0.15) is 0 Å². The third kappa shape index (κ3) is 5.03. The summed E-state index contributed by atoms with van der Waals surface area (Å²) >= 11 is 0. The number of benzene rings is 1. The molecule has 1 aromatic rings. The van der Waals surface area contributed by atoms with Gasteiger partial charge in [0.15, 0.2) is 0 Å². The number of hydrogen-bond donors (Lipinski definition) is 2. The van der Waals surface area contributed by atoms with Crippen LogP contribution in [0.25, 0.3) is 0 Å². The number of amides is 1. The van der Waals surface area contributed by atoms with E-state index in [-0.39, 0.29) is 5.91 Å². The number of nitrogens with one attached hydrogen (secondary N) is 1. The van der Waals surface area contributed by atoms with Gasteiger partial charge in [0.25, 0.3) is 0 Å². The van der Waals surface area contributed by atoms with Gasteiger partial charge in [0.1, 0.15) is 0 Å². The van der Waals surface area contributed by atoms with E-state index in [1.165, 1.54) is 5.56 Å². The lowest BCUT2D eigenvalue weighted by molar-refractivity contribution is -0.117. The van der Waals surface area contributed by atoms with Crippen molar-refractivity contribution in [1.29, 1.82) is 0 Å². The molecule has 1 amide bonds. The first-order valence-corrected chi connectivity index (χ1v) is 7.10. The molecule has 0 aromatic heterocycles. The predicted molar refractivity (Wildman–Crippen MR) is 81.2 cm³/mol. The average Bonchev–Trinajstić information content (AvgIpc) is 2.37. The van der Waals surface area contributed by atoms with E-state index < -0.39 is 6.04 Å². The molecule has 3 nitrogen and oxygen atoms in total. The van der Waals surface area contributed by atoms with Crippen molar-refractivity contribution in [3.63, 3.8) is 0 Å². The van der Waals surface area contributed by atoms with Crippen molar-refractivity contribution >= 4 is 11.6 Å². The Bertz CT molecular complexity index is 398. The van der Waals surface area contributed by atoms with Crippen molar-refractivity contribution in [2.45, 2.75) is 52.5 Å². The van der Waals surface area contributed by atoms with E-state index in [0.717, 1.165) is 12.1 Å². The molecular formula is C16H26N2O. The Morgan fingerprint density at radius 2 is 1.79 bits per heavy atom. The van der Waals surface area contributed by atoms with Crippen molar-refractivity contribution < 1.29 is 4.79 Å². The number of carbonyl (C=O) groups excluding carboxylic acids is 1. The van der Waals surface area contributed by atoms with Crippen LogP contribution in [0.4, 0.5) is 5.69 Å². The fourth-order valence-corrected chi connectivity index (χ4v) is 1.98. The summed E-state index contributed by atoms with van der Waals surface area (Å²) < 4.78 is 0. The van der Waals surface area contributed by atoms with E-state index in [2.05, 4.69) is 45.1 Å². The first kappa shape index (κ1) is 15.7. The molecule has 0 radical (unpaired) electrons. The maximum atomic E-state index is 11.9. The molecule has 1 aromatic carbocycles. The van der Waals surface area contributed by atoms with Gasteiger partial charge in [-0.05, 0) is 42.4 Å². The van der Waals surface area contributed by atoms with Gasteiger partial charge in [-0.25, -0.2) is 0 Å². The fourth-order valence-electron chi connectivity index (χ4n) is 1.98. The van der Waals surface area contributed by atoms with Crippen molar-refractivity contribution in [3.8, 4) is 0 Å². The van der Waals surface area contributed by atoms with Crippen LogP contribution in [0.3, 0.4) is 0 Å². The molecule has 1 rings (SSSR count). The van der Waals surface area contributed by atoms with Gasteiger partial charge in [0.2, 0.25) is 5.91 Å². The van der Waals surface area contributed by atoms with Crippen LogP contribution in [0.5, 0.6) is 0 Å². The highest BCUT2D eigenvalue weighted by Crippen LogP contribution is 2.20. The number of carbonyl (C=O) groups is 1. The monoisotopic (exact) mass is 262 g/mol. The highest BCUT2D eigenvalue weighted by molar-refractivity contribution is 5.94. The molecule has 2 unspecified atom stereocenters. The van der Waals surface area contributed by atoms with Crippen molar-refractivity contribution in [1.82, 2.24) is 0 Å². The molecular weight excluding hydrogens is 236 g/mol. The molecule has 0 heterocycles. The molecule has 0 spiro atoms. The lowest BCUT2D eigenvalue weighted by Crippen LogP contribution is -2.36. The molecule has 0 aliphatic heterocycles. The van der Waals surface area contributed by atoms with Gasteiger partial charge in [0.05, 0.1) is 6.04 Å². The molecule has 0 saturated carbocycles. The Morgan fingerprint density at radius 1 is 1.21 bits per heavy atom. The first-order chi connectivity index (χ1) is 8.93. The Hall–Kier alpha value is -1.35. The summed E-state index contributed by atoms with van der Waals surface area (Å²) in [6.07, 6.45) is 1.82. The molecule has 2 atom stereocenters. The summed E-state index contributed by atoms with van der Waals surface area (Å²) in [5, 5.41) is 2.87. The SMILES string of the molecule is CCC(C)c1ccc(NC(=O)C(N)CC(C)C)cc1. The molecule has 106 valence electrons. The maximum absolute atomic E-state index is 11.9. The fraction of sp³-hybridized carbons (Fsp3) is 0.562. The smallest absolute Gasteiger partial charge is 0.241 e. The zero-order valence-corrected chi connectivity index (χ0v) is 12.4. The largest absolute Gasteiger partial charge is 0.325 e. The third-order valence-electron chi connectivity index (χ3n) is 3.42. The van der Waals surface area contributed by atoms with Crippen molar-refractivity contribution in [2.24, 2.45) is 11.7 Å². The topological polar surface area (TPSA) is 55.1 Å². The quantitative estimate of drug-likeness (QED) is 0.824. The minimum absolute atomic E-state index is 0.106. The van der Waals surface area contributed by atoms with Crippen LogP contribution >= 0.6 is 0 Å². The standard InChI is InChI=1S/C16H26N2O/c1-5-12(4)13-6-8-14(9-7-13)18-16(19)15(17)10-11(2)3/h6-9,11-12,15H,5,10,17H2,1-4H3,(H,18,19). The second-order valence-electron chi connectivity index (χ2n) is 5.66. The summed E-state index contributed by atoms with van der Waals surface area (Å²) in [6.45, 7) is 8.50.